The van der Waals surface area contributed by atoms with E-state index in [-0.39, 0.29) is 0 Å². The van der Waals surface area contributed by atoms with E-state index in [1.807, 2.05) is 21.3 Å². The molecule has 0 spiro atoms. The van der Waals surface area contributed by atoms with Gasteiger partial charge in [-0.1, -0.05) is 0 Å². The van der Waals surface area contributed by atoms with Crippen LogP contribution in [0.15, 0.2) is 111 Å². The minimum absolute atomic E-state index is 0.693. The fraction of sp³-hybridized carbons (Fsp3) is 0.286. The van der Waals surface area contributed by atoms with Crippen molar-refractivity contribution in [1.29, 1.82) is 0 Å². The van der Waals surface area contributed by atoms with Crippen LogP contribution in [0.5, 0.6) is 0 Å². The van der Waals surface area contributed by atoms with Crippen LogP contribution in [0.2, 0.25) is 0 Å². The van der Waals surface area contributed by atoms with Crippen molar-refractivity contribution in [2.45, 2.75) is 32.1 Å². The van der Waals surface area contributed by atoms with Crippen molar-refractivity contribution in [2.24, 2.45) is 0 Å². The van der Waals surface area contributed by atoms with Crippen molar-refractivity contribution in [3.8, 4) is 0 Å². The molecule has 4 heteroatoms. The molecule has 5 aliphatic rings. The summed E-state index contributed by atoms with van der Waals surface area (Å²) in [6.45, 7) is 0. The molecule has 0 saturated heterocycles. The number of hydrogen-bond acceptors (Lipinski definition) is 3. The van der Waals surface area contributed by atoms with Gasteiger partial charge in [0.1, 0.15) is 0 Å². The van der Waals surface area contributed by atoms with Crippen molar-refractivity contribution in [3.63, 3.8) is 0 Å². The molecule has 0 atom stereocenters. The molecular formula is C28H34O3Ti. The average Bonchev–Trinajstić information content (AvgIpc) is 3.71. The third-order valence-corrected chi connectivity index (χ3v) is 36.5. The molecule has 0 fully saturated rings. The Morgan fingerprint density at radius 2 is 0.656 bits per heavy atom. The molecule has 0 aromatic carbocycles. The standard InChI is InChI=1S/5C5H5.3CH3O.Ti/c5*1-2-4-5-3-1;3*1-2;/h5*1-3H,4H2;3*1H3;/q;;;;;3*-1;+3. The summed E-state index contributed by atoms with van der Waals surface area (Å²) >= 11 is -7.30. The fourth-order valence-corrected chi connectivity index (χ4v) is 33.9. The molecule has 32 heavy (non-hydrogen) atoms. The van der Waals surface area contributed by atoms with Crippen LogP contribution in [0, 0.1) is 0 Å². The Kier molecular flexibility index (Phi) is 3.78. The molecule has 0 unspecified atom stereocenters. The van der Waals surface area contributed by atoms with Gasteiger partial charge in [-0.05, 0) is 0 Å². The Morgan fingerprint density at radius 1 is 0.438 bits per heavy atom. The van der Waals surface area contributed by atoms with Crippen molar-refractivity contribution < 1.29 is 22.6 Å². The van der Waals surface area contributed by atoms with Crippen LogP contribution in [0.4, 0.5) is 0 Å². The molecule has 5 aliphatic carbocycles. The van der Waals surface area contributed by atoms with E-state index in [0.29, 0.717) is 32.1 Å². The van der Waals surface area contributed by atoms with E-state index in [0.717, 1.165) is 19.4 Å². The summed E-state index contributed by atoms with van der Waals surface area (Å²) in [5, 5.41) is 0. The van der Waals surface area contributed by atoms with E-state index in [9.17, 15) is 0 Å². The molecule has 168 valence electrons. The minimum atomic E-state index is -7.30. The van der Waals surface area contributed by atoms with Gasteiger partial charge in [0.15, 0.2) is 0 Å². The van der Waals surface area contributed by atoms with Gasteiger partial charge >= 0.3 is 187 Å². The molecule has 0 radical (unpaired) electrons. The molecule has 0 bridgehead atoms. The molecule has 0 amide bonds. The Bertz CT molecular complexity index is 1050. The van der Waals surface area contributed by atoms with Crippen LogP contribution >= 0.6 is 0 Å². The van der Waals surface area contributed by atoms with Gasteiger partial charge in [0, 0.05) is 0 Å². The summed E-state index contributed by atoms with van der Waals surface area (Å²) in [7, 11) is 5.51. The first kappa shape index (κ1) is 21.8. The second kappa shape index (κ2) is 5.55. The average molecular weight is 466 g/mol. The van der Waals surface area contributed by atoms with Crippen LogP contribution in [0.1, 0.15) is 32.1 Å². The third kappa shape index (κ3) is 1.33. The number of hydrogen-bond donors (Lipinski definition) is 0. The van der Waals surface area contributed by atoms with Crippen molar-refractivity contribution in [1.82, 2.24) is 0 Å². The van der Waals surface area contributed by atoms with Gasteiger partial charge in [-0.2, -0.15) is 0 Å². The van der Waals surface area contributed by atoms with Gasteiger partial charge in [-0.25, -0.2) is 0 Å². The van der Waals surface area contributed by atoms with E-state index in [2.05, 4.69) is 91.1 Å². The van der Waals surface area contributed by atoms with Crippen LogP contribution in [-0.4, -0.2) is 21.3 Å². The summed E-state index contributed by atoms with van der Waals surface area (Å²) in [5.41, 5.74) is 0. The van der Waals surface area contributed by atoms with Crippen LogP contribution in [0.25, 0.3) is 0 Å². The molecule has 0 aromatic rings. The van der Waals surface area contributed by atoms with Crippen LogP contribution in [0.3, 0.4) is 0 Å². The van der Waals surface area contributed by atoms with Crippen LogP contribution < -0.4 is 0 Å². The predicted octanol–water partition coefficient (Wildman–Crippen LogP) is 7.19. The van der Waals surface area contributed by atoms with Gasteiger partial charge in [-0.15, -0.1) is 0 Å². The molecule has 0 saturated carbocycles. The zero-order valence-electron chi connectivity index (χ0n) is 19.4. The first-order chi connectivity index (χ1) is 15.5. The Hall–Kier alpha value is -2.01. The molecule has 0 aromatic heterocycles. The van der Waals surface area contributed by atoms with Gasteiger partial charge in [-0.3, -0.25) is 0 Å². The van der Waals surface area contributed by atoms with Gasteiger partial charge in [0.05, 0.1) is 0 Å². The van der Waals surface area contributed by atoms with Gasteiger partial charge in [0.2, 0.25) is 0 Å². The predicted molar refractivity (Wildman–Crippen MR) is 130 cm³/mol. The van der Waals surface area contributed by atoms with Crippen molar-refractivity contribution in [2.75, 3.05) is 21.3 Å². The molecular weight excluding hydrogens is 432 g/mol. The molecule has 5 rings (SSSR count). The first-order valence-electron chi connectivity index (χ1n) is 11.7. The molecule has 0 N–H and O–H groups in total. The SMILES string of the molecule is C[O][Ti]([O]C)([O]C)([C]1=CC=CC1)([C]1=CC=CC1)([C]1=CC=CC1)([C]1=CC=CC1)[C]1=CC=CC1. The Balaban J connectivity index is 2.29. The van der Waals surface area contributed by atoms with Crippen molar-refractivity contribution in [3.05, 3.63) is 111 Å². The van der Waals surface area contributed by atoms with Gasteiger partial charge < -0.3 is 0 Å². The molecule has 0 aliphatic heterocycles. The molecule has 3 nitrogen and oxygen atoms in total. The summed E-state index contributed by atoms with van der Waals surface area (Å²) in [6, 6.07) is 0. The fourth-order valence-electron chi connectivity index (χ4n) is 9.50. The van der Waals surface area contributed by atoms with E-state index in [1.54, 1.807) is 0 Å². The Morgan fingerprint density at radius 3 is 0.781 bits per heavy atom. The zero-order valence-corrected chi connectivity index (χ0v) is 21.0. The van der Waals surface area contributed by atoms with E-state index >= 15 is 0 Å². The maximum atomic E-state index is 7.59. The van der Waals surface area contributed by atoms with Crippen LogP contribution in [-0.2, 0) is 22.6 Å². The van der Waals surface area contributed by atoms with Crippen molar-refractivity contribution >= 4 is 0 Å². The van der Waals surface area contributed by atoms with Gasteiger partial charge in [0.25, 0.3) is 0 Å². The monoisotopic (exact) mass is 466 g/mol. The van der Waals surface area contributed by atoms with E-state index < -0.39 is 12.6 Å². The topological polar surface area (TPSA) is 27.7 Å². The Labute approximate surface area is 186 Å². The second-order valence-corrected chi connectivity index (χ2v) is 26.7. The number of rotatable bonds is 8. The third-order valence-electron chi connectivity index (χ3n) is 11.1. The zero-order chi connectivity index (χ0) is 22.5. The first-order valence-corrected chi connectivity index (χ1v) is 17.5. The van der Waals surface area contributed by atoms with E-state index in [1.165, 1.54) is 0 Å². The second-order valence-electron chi connectivity index (χ2n) is 10.3. The summed E-state index contributed by atoms with van der Waals surface area (Å²) in [5.74, 6) is 0. The summed E-state index contributed by atoms with van der Waals surface area (Å²) in [6.07, 6.45) is 36.2. The quantitative estimate of drug-likeness (QED) is 0.355. The summed E-state index contributed by atoms with van der Waals surface area (Å²) in [4.78, 5) is 0. The van der Waals surface area contributed by atoms with E-state index in [4.69, 9.17) is 9.96 Å². The maximum absolute atomic E-state index is 7.59. The molecule has 0 heterocycles. The normalized spacial score (nSPS) is 26.3. The number of allylic oxidation sites excluding steroid dienone is 20. The summed E-state index contributed by atoms with van der Waals surface area (Å²) < 4.78 is 28.2.